The van der Waals surface area contributed by atoms with E-state index in [-0.39, 0.29) is 18.1 Å². The molecule has 0 aliphatic carbocycles. The molecule has 2 atom stereocenters. The number of nitrogens with zero attached hydrogens (tertiary/aromatic N) is 2. The normalized spacial score (nSPS) is 21.0. The summed E-state index contributed by atoms with van der Waals surface area (Å²) in [7, 11) is 1.82. The smallest absolute Gasteiger partial charge is 0.228 e. The number of benzene rings is 1. The molecule has 0 bridgehead atoms. The average molecular weight is 290 g/mol. The van der Waals surface area contributed by atoms with Gasteiger partial charge in [-0.2, -0.15) is 0 Å². The predicted octanol–water partition coefficient (Wildman–Crippen LogP) is 2.27. The minimum atomic E-state index is -0.327. The largest absolute Gasteiger partial charge is 0.392 e. The SMILES string of the molecule is CC(O)C1CCCCN1CCC(=O)N(C)c1ccccc1. The number of piperidine rings is 1. The lowest BCUT2D eigenvalue weighted by Crippen LogP contribution is -2.47. The molecule has 0 spiro atoms. The molecule has 1 aromatic carbocycles. The van der Waals surface area contributed by atoms with Gasteiger partial charge in [0.25, 0.3) is 0 Å². The summed E-state index contributed by atoms with van der Waals surface area (Å²) in [6, 6.07) is 9.91. The summed E-state index contributed by atoms with van der Waals surface area (Å²) in [5, 5.41) is 9.86. The second kappa shape index (κ2) is 7.57. The van der Waals surface area contributed by atoms with E-state index in [2.05, 4.69) is 4.90 Å². The zero-order valence-electron chi connectivity index (χ0n) is 13.0. The van der Waals surface area contributed by atoms with Crippen LogP contribution in [0.5, 0.6) is 0 Å². The zero-order chi connectivity index (χ0) is 15.2. The van der Waals surface area contributed by atoms with Gasteiger partial charge < -0.3 is 10.0 Å². The number of anilines is 1. The first-order valence-electron chi connectivity index (χ1n) is 7.83. The number of amides is 1. The number of hydrogen-bond donors (Lipinski definition) is 1. The summed E-state index contributed by atoms with van der Waals surface area (Å²) in [6.07, 6.45) is 3.53. The zero-order valence-corrected chi connectivity index (χ0v) is 13.0. The van der Waals surface area contributed by atoms with Crippen molar-refractivity contribution in [3.63, 3.8) is 0 Å². The summed E-state index contributed by atoms with van der Waals surface area (Å²) in [4.78, 5) is 16.3. The van der Waals surface area contributed by atoms with Crippen LogP contribution in [0.15, 0.2) is 30.3 Å². The van der Waals surface area contributed by atoms with Gasteiger partial charge in [-0.05, 0) is 38.4 Å². The molecule has 1 saturated heterocycles. The highest BCUT2D eigenvalue weighted by atomic mass is 16.3. The lowest BCUT2D eigenvalue weighted by Gasteiger charge is -2.37. The molecule has 1 amide bonds. The summed E-state index contributed by atoms with van der Waals surface area (Å²) >= 11 is 0. The summed E-state index contributed by atoms with van der Waals surface area (Å²) in [6.45, 7) is 3.56. The molecular weight excluding hydrogens is 264 g/mol. The van der Waals surface area contributed by atoms with Crippen LogP contribution in [0.3, 0.4) is 0 Å². The van der Waals surface area contributed by atoms with Crippen molar-refractivity contribution in [2.24, 2.45) is 0 Å². The van der Waals surface area contributed by atoms with Crippen LogP contribution in [-0.2, 0) is 4.79 Å². The lowest BCUT2D eigenvalue weighted by molar-refractivity contribution is -0.119. The highest BCUT2D eigenvalue weighted by Crippen LogP contribution is 2.20. The van der Waals surface area contributed by atoms with E-state index in [1.807, 2.05) is 44.3 Å². The number of aliphatic hydroxyl groups excluding tert-OH is 1. The van der Waals surface area contributed by atoms with E-state index >= 15 is 0 Å². The van der Waals surface area contributed by atoms with Gasteiger partial charge in [0.1, 0.15) is 0 Å². The van der Waals surface area contributed by atoms with Crippen molar-refractivity contribution in [1.82, 2.24) is 4.90 Å². The number of para-hydroxylation sites is 1. The predicted molar refractivity (Wildman–Crippen MR) is 85.4 cm³/mol. The van der Waals surface area contributed by atoms with E-state index in [1.54, 1.807) is 4.90 Å². The first-order valence-corrected chi connectivity index (χ1v) is 7.83. The maximum atomic E-state index is 12.3. The quantitative estimate of drug-likeness (QED) is 0.905. The van der Waals surface area contributed by atoms with Crippen molar-refractivity contribution in [2.75, 3.05) is 25.0 Å². The van der Waals surface area contributed by atoms with Gasteiger partial charge in [0.15, 0.2) is 0 Å². The molecule has 4 nitrogen and oxygen atoms in total. The monoisotopic (exact) mass is 290 g/mol. The third-order valence-corrected chi connectivity index (χ3v) is 4.35. The van der Waals surface area contributed by atoms with Crippen LogP contribution < -0.4 is 4.90 Å². The van der Waals surface area contributed by atoms with Crippen LogP contribution in [0.1, 0.15) is 32.6 Å². The van der Waals surface area contributed by atoms with Crippen LogP contribution in [0.25, 0.3) is 0 Å². The van der Waals surface area contributed by atoms with Crippen molar-refractivity contribution in [1.29, 1.82) is 0 Å². The number of aliphatic hydroxyl groups is 1. The Morgan fingerprint density at radius 2 is 2.10 bits per heavy atom. The number of carbonyl (C=O) groups is 1. The fourth-order valence-electron chi connectivity index (χ4n) is 3.04. The third-order valence-electron chi connectivity index (χ3n) is 4.35. The standard InChI is InChI=1S/C17H26N2O2/c1-14(20)16-10-6-7-12-19(16)13-11-17(21)18(2)15-8-4-3-5-9-15/h3-5,8-9,14,16,20H,6-7,10-13H2,1-2H3. The van der Waals surface area contributed by atoms with E-state index in [1.165, 1.54) is 6.42 Å². The number of rotatable bonds is 5. The van der Waals surface area contributed by atoms with Gasteiger partial charge in [0.2, 0.25) is 5.91 Å². The molecule has 4 heteroatoms. The molecule has 21 heavy (non-hydrogen) atoms. The molecule has 0 radical (unpaired) electrons. The van der Waals surface area contributed by atoms with Gasteiger partial charge in [-0.1, -0.05) is 24.6 Å². The van der Waals surface area contributed by atoms with Crippen LogP contribution in [0.2, 0.25) is 0 Å². The first-order chi connectivity index (χ1) is 10.1. The number of hydrogen-bond acceptors (Lipinski definition) is 3. The molecule has 116 valence electrons. The van der Waals surface area contributed by atoms with Crippen molar-refractivity contribution in [2.45, 2.75) is 44.8 Å². The Balaban J connectivity index is 1.88. The van der Waals surface area contributed by atoms with Crippen molar-refractivity contribution >= 4 is 11.6 Å². The molecule has 1 N–H and O–H groups in total. The molecule has 2 unspecified atom stereocenters. The van der Waals surface area contributed by atoms with Gasteiger partial charge in [0, 0.05) is 31.7 Å². The minimum Gasteiger partial charge on any atom is -0.392 e. The second-order valence-corrected chi connectivity index (χ2v) is 5.88. The Morgan fingerprint density at radius 3 is 2.76 bits per heavy atom. The van der Waals surface area contributed by atoms with Crippen LogP contribution in [-0.4, -0.2) is 48.2 Å². The fourth-order valence-corrected chi connectivity index (χ4v) is 3.04. The third kappa shape index (κ3) is 4.29. The Hall–Kier alpha value is -1.39. The maximum absolute atomic E-state index is 12.3. The van der Waals surface area contributed by atoms with Crippen LogP contribution >= 0.6 is 0 Å². The Morgan fingerprint density at radius 1 is 1.38 bits per heavy atom. The summed E-state index contributed by atoms with van der Waals surface area (Å²) in [5.41, 5.74) is 0.924. The summed E-state index contributed by atoms with van der Waals surface area (Å²) in [5.74, 6) is 0.121. The van der Waals surface area contributed by atoms with Gasteiger partial charge >= 0.3 is 0 Å². The van der Waals surface area contributed by atoms with E-state index < -0.39 is 0 Å². The molecule has 0 saturated carbocycles. The van der Waals surface area contributed by atoms with Gasteiger partial charge in [-0.25, -0.2) is 0 Å². The number of likely N-dealkylation sites (tertiary alicyclic amines) is 1. The van der Waals surface area contributed by atoms with Crippen LogP contribution in [0, 0.1) is 0 Å². The van der Waals surface area contributed by atoms with E-state index in [0.29, 0.717) is 6.42 Å². The van der Waals surface area contributed by atoms with E-state index in [0.717, 1.165) is 31.6 Å². The molecule has 2 rings (SSSR count). The maximum Gasteiger partial charge on any atom is 0.228 e. The summed E-state index contributed by atoms with van der Waals surface area (Å²) < 4.78 is 0. The minimum absolute atomic E-state index is 0.121. The van der Waals surface area contributed by atoms with Gasteiger partial charge in [-0.15, -0.1) is 0 Å². The average Bonchev–Trinajstić information content (AvgIpc) is 2.52. The van der Waals surface area contributed by atoms with Crippen molar-refractivity contribution < 1.29 is 9.90 Å². The van der Waals surface area contributed by atoms with Gasteiger partial charge in [-0.3, -0.25) is 9.69 Å². The highest BCUT2D eigenvalue weighted by Gasteiger charge is 2.26. The van der Waals surface area contributed by atoms with Gasteiger partial charge in [0.05, 0.1) is 6.10 Å². The topological polar surface area (TPSA) is 43.8 Å². The van der Waals surface area contributed by atoms with Crippen molar-refractivity contribution in [3.8, 4) is 0 Å². The van der Waals surface area contributed by atoms with E-state index in [9.17, 15) is 9.90 Å². The van der Waals surface area contributed by atoms with Crippen molar-refractivity contribution in [3.05, 3.63) is 30.3 Å². The fraction of sp³-hybridized carbons (Fsp3) is 0.588. The van der Waals surface area contributed by atoms with E-state index in [4.69, 9.17) is 0 Å². The lowest BCUT2D eigenvalue weighted by atomic mass is 9.98. The molecule has 0 aromatic heterocycles. The first kappa shape index (κ1) is 16.0. The molecular formula is C17H26N2O2. The molecule has 1 aliphatic heterocycles. The highest BCUT2D eigenvalue weighted by molar-refractivity contribution is 5.92. The molecule has 1 aliphatic rings. The Kier molecular flexibility index (Phi) is 5.76. The molecule has 1 aromatic rings. The molecule has 1 heterocycles. The Labute approximate surface area is 127 Å². The van der Waals surface area contributed by atoms with Crippen LogP contribution in [0.4, 0.5) is 5.69 Å². The second-order valence-electron chi connectivity index (χ2n) is 5.88. The molecule has 1 fully saturated rings. The Bertz CT molecular complexity index is 447. The number of carbonyl (C=O) groups excluding carboxylic acids is 1.